The normalized spacial score (nSPS) is 14.8. The number of nitrogens with two attached hydrogens (primary N) is 1. The smallest absolute Gasteiger partial charge is 0.260 e. The number of benzene rings is 2. The molecule has 1 atom stereocenters. The molecule has 2 aromatic carbocycles. The zero-order valence-electron chi connectivity index (χ0n) is 12.0. The molecule has 0 bridgehead atoms. The van der Waals surface area contributed by atoms with Gasteiger partial charge in [0.05, 0.1) is 11.4 Å². The Hall–Kier alpha value is -2.33. The third-order valence-electron chi connectivity index (χ3n) is 3.85. The number of carbonyl (C=O) groups excluding carboxylic acids is 1. The van der Waals surface area contributed by atoms with Crippen LogP contribution in [0.2, 0.25) is 0 Å². The maximum absolute atomic E-state index is 12.8. The summed E-state index contributed by atoms with van der Waals surface area (Å²) in [6.45, 7) is 0.648. The van der Waals surface area contributed by atoms with Gasteiger partial charge in [0.2, 0.25) is 0 Å². The van der Waals surface area contributed by atoms with E-state index in [9.17, 15) is 4.79 Å². The molecule has 4 nitrogen and oxygen atoms in total. The average molecular weight is 282 g/mol. The molecule has 1 unspecified atom stereocenters. The van der Waals surface area contributed by atoms with Crippen molar-refractivity contribution in [3.63, 3.8) is 0 Å². The molecular formula is C17H18N2O2. The minimum Gasteiger partial charge on any atom is -0.397 e. The maximum Gasteiger partial charge on any atom is 0.260 e. The van der Waals surface area contributed by atoms with Crippen molar-refractivity contribution in [2.24, 2.45) is 0 Å². The van der Waals surface area contributed by atoms with E-state index >= 15 is 0 Å². The zero-order valence-corrected chi connectivity index (χ0v) is 12.0. The number of fused-ring (bicyclic) bond motifs is 1. The number of para-hydroxylation sites is 1. The number of amides is 1. The molecule has 1 aliphatic heterocycles. The quantitative estimate of drug-likeness (QED) is 0.880. The van der Waals surface area contributed by atoms with Gasteiger partial charge >= 0.3 is 0 Å². The SMILES string of the molecule is COC(C(=O)N1CCc2cccc(N)c21)c1ccccc1. The van der Waals surface area contributed by atoms with Crippen molar-refractivity contribution in [1.29, 1.82) is 0 Å². The van der Waals surface area contributed by atoms with E-state index in [1.807, 2.05) is 48.5 Å². The fourth-order valence-corrected chi connectivity index (χ4v) is 2.86. The number of hydrogen-bond donors (Lipinski definition) is 1. The Morgan fingerprint density at radius 2 is 1.95 bits per heavy atom. The van der Waals surface area contributed by atoms with E-state index in [1.165, 1.54) is 0 Å². The van der Waals surface area contributed by atoms with Crippen LogP contribution in [0.3, 0.4) is 0 Å². The van der Waals surface area contributed by atoms with Gasteiger partial charge in [-0.1, -0.05) is 42.5 Å². The first-order valence-electron chi connectivity index (χ1n) is 6.99. The molecule has 0 aromatic heterocycles. The summed E-state index contributed by atoms with van der Waals surface area (Å²) in [4.78, 5) is 14.6. The van der Waals surface area contributed by atoms with Gasteiger partial charge in [-0.05, 0) is 23.6 Å². The van der Waals surface area contributed by atoms with E-state index in [1.54, 1.807) is 12.0 Å². The lowest BCUT2D eigenvalue weighted by atomic mass is 10.1. The molecule has 2 aromatic rings. The Balaban J connectivity index is 1.94. The maximum atomic E-state index is 12.8. The molecule has 0 saturated heterocycles. The standard InChI is InChI=1S/C17H18N2O2/c1-21-16(13-6-3-2-4-7-13)17(20)19-11-10-12-8-5-9-14(18)15(12)19/h2-9,16H,10-11,18H2,1H3. The van der Waals surface area contributed by atoms with Crippen LogP contribution in [0.15, 0.2) is 48.5 Å². The molecule has 3 rings (SSSR count). The highest BCUT2D eigenvalue weighted by molar-refractivity contribution is 6.01. The predicted octanol–water partition coefficient (Wildman–Crippen LogP) is 2.55. The molecule has 1 amide bonds. The highest BCUT2D eigenvalue weighted by Crippen LogP contribution is 2.35. The fourth-order valence-electron chi connectivity index (χ4n) is 2.86. The summed E-state index contributed by atoms with van der Waals surface area (Å²) in [6.07, 6.45) is 0.230. The highest BCUT2D eigenvalue weighted by atomic mass is 16.5. The van der Waals surface area contributed by atoms with Crippen LogP contribution in [0, 0.1) is 0 Å². The summed E-state index contributed by atoms with van der Waals surface area (Å²) in [5.74, 6) is -0.0691. The van der Waals surface area contributed by atoms with Gasteiger partial charge in [0.1, 0.15) is 0 Å². The van der Waals surface area contributed by atoms with Crippen molar-refractivity contribution < 1.29 is 9.53 Å². The van der Waals surface area contributed by atoms with Gasteiger partial charge in [-0.25, -0.2) is 0 Å². The number of methoxy groups -OCH3 is 1. The summed E-state index contributed by atoms with van der Waals surface area (Å²) in [5, 5.41) is 0. The first kappa shape index (κ1) is 13.6. The number of nitrogen functional groups attached to an aromatic ring is 1. The molecule has 0 fully saturated rings. The van der Waals surface area contributed by atoms with E-state index in [4.69, 9.17) is 10.5 Å². The summed E-state index contributed by atoms with van der Waals surface area (Å²) in [7, 11) is 1.56. The van der Waals surface area contributed by atoms with Crippen LogP contribution in [0.4, 0.5) is 11.4 Å². The van der Waals surface area contributed by atoms with Crippen LogP contribution in [-0.4, -0.2) is 19.6 Å². The number of ether oxygens (including phenoxy) is 1. The summed E-state index contributed by atoms with van der Waals surface area (Å²) >= 11 is 0. The summed E-state index contributed by atoms with van der Waals surface area (Å²) in [5.41, 5.74) is 9.49. The minimum atomic E-state index is -0.600. The van der Waals surface area contributed by atoms with Gasteiger partial charge in [-0.2, -0.15) is 0 Å². The first-order chi connectivity index (χ1) is 10.2. The number of carbonyl (C=O) groups is 1. The third kappa shape index (κ3) is 2.38. The Labute approximate surface area is 124 Å². The Kier molecular flexibility index (Phi) is 3.62. The van der Waals surface area contributed by atoms with Gasteiger partial charge in [-0.15, -0.1) is 0 Å². The molecule has 4 heteroatoms. The molecule has 0 aliphatic carbocycles. The van der Waals surface area contributed by atoms with Crippen LogP contribution < -0.4 is 10.6 Å². The second-order valence-electron chi connectivity index (χ2n) is 5.12. The van der Waals surface area contributed by atoms with E-state index in [0.717, 1.165) is 23.2 Å². The molecule has 1 aliphatic rings. The van der Waals surface area contributed by atoms with Crippen molar-refractivity contribution in [2.45, 2.75) is 12.5 Å². The number of hydrogen-bond acceptors (Lipinski definition) is 3. The topological polar surface area (TPSA) is 55.6 Å². The van der Waals surface area contributed by atoms with Crippen LogP contribution >= 0.6 is 0 Å². The van der Waals surface area contributed by atoms with Crippen LogP contribution in [0.1, 0.15) is 17.2 Å². The van der Waals surface area contributed by atoms with Gasteiger partial charge in [0.15, 0.2) is 6.10 Å². The molecular weight excluding hydrogens is 264 g/mol. The molecule has 1 heterocycles. The van der Waals surface area contributed by atoms with E-state index in [2.05, 4.69) is 0 Å². The molecule has 2 N–H and O–H groups in total. The van der Waals surface area contributed by atoms with Gasteiger partial charge in [0, 0.05) is 13.7 Å². The monoisotopic (exact) mass is 282 g/mol. The Morgan fingerprint density at radius 1 is 1.19 bits per heavy atom. The van der Waals surface area contributed by atoms with Crippen molar-refractivity contribution >= 4 is 17.3 Å². The average Bonchev–Trinajstić information content (AvgIpc) is 2.94. The van der Waals surface area contributed by atoms with Crippen molar-refractivity contribution in [3.8, 4) is 0 Å². The van der Waals surface area contributed by atoms with E-state index < -0.39 is 6.10 Å². The van der Waals surface area contributed by atoms with E-state index in [-0.39, 0.29) is 5.91 Å². The fraction of sp³-hybridized carbons (Fsp3) is 0.235. The van der Waals surface area contributed by atoms with E-state index in [0.29, 0.717) is 12.2 Å². The highest BCUT2D eigenvalue weighted by Gasteiger charge is 2.32. The van der Waals surface area contributed by atoms with Gasteiger partial charge in [-0.3, -0.25) is 4.79 Å². The molecule has 21 heavy (non-hydrogen) atoms. The summed E-state index contributed by atoms with van der Waals surface area (Å²) in [6, 6.07) is 15.3. The second kappa shape index (κ2) is 5.58. The minimum absolute atomic E-state index is 0.0691. The molecule has 0 spiro atoms. The Morgan fingerprint density at radius 3 is 2.67 bits per heavy atom. The van der Waals surface area contributed by atoms with Crippen LogP contribution in [-0.2, 0) is 16.0 Å². The molecule has 0 radical (unpaired) electrons. The van der Waals surface area contributed by atoms with Crippen molar-refractivity contribution in [2.75, 3.05) is 24.3 Å². The van der Waals surface area contributed by atoms with Crippen molar-refractivity contribution in [1.82, 2.24) is 0 Å². The lowest BCUT2D eigenvalue weighted by Gasteiger charge is -2.24. The predicted molar refractivity (Wildman–Crippen MR) is 83.1 cm³/mol. The third-order valence-corrected chi connectivity index (χ3v) is 3.85. The van der Waals surface area contributed by atoms with Crippen LogP contribution in [0.5, 0.6) is 0 Å². The second-order valence-corrected chi connectivity index (χ2v) is 5.12. The Bertz CT molecular complexity index is 655. The zero-order chi connectivity index (χ0) is 14.8. The summed E-state index contributed by atoms with van der Waals surface area (Å²) < 4.78 is 5.43. The molecule has 0 saturated carbocycles. The van der Waals surface area contributed by atoms with Gasteiger partial charge in [0.25, 0.3) is 5.91 Å². The number of anilines is 2. The lowest BCUT2D eigenvalue weighted by molar-refractivity contribution is -0.128. The van der Waals surface area contributed by atoms with Crippen LogP contribution in [0.25, 0.3) is 0 Å². The molecule has 108 valence electrons. The first-order valence-corrected chi connectivity index (χ1v) is 6.99. The van der Waals surface area contributed by atoms with Crippen molar-refractivity contribution in [3.05, 3.63) is 59.7 Å². The van der Waals surface area contributed by atoms with Gasteiger partial charge < -0.3 is 15.4 Å². The number of rotatable bonds is 3. The lowest BCUT2D eigenvalue weighted by Crippen LogP contribution is -2.35. The largest absolute Gasteiger partial charge is 0.397 e. The number of nitrogens with zero attached hydrogens (tertiary/aromatic N) is 1.